The molecule has 0 unspecified atom stereocenters. The van der Waals surface area contributed by atoms with Gasteiger partial charge in [-0.25, -0.2) is 0 Å². The van der Waals surface area contributed by atoms with Gasteiger partial charge in [0.1, 0.15) is 0 Å². The van der Waals surface area contributed by atoms with Crippen LogP contribution in [0.25, 0.3) is 39.0 Å². The molecule has 5 rings (SSSR count). The first-order chi connectivity index (χ1) is 13.8. The summed E-state index contributed by atoms with van der Waals surface area (Å²) in [6, 6.07) is 9.72. The molecule has 0 radical (unpaired) electrons. The van der Waals surface area contributed by atoms with Crippen molar-refractivity contribution in [1.82, 2.24) is 0 Å². The zero-order valence-electron chi connectivity index (χ0n) is 16.6. The highest BCUT2D eigenvalue weighted by molar-refractivity contribution is 7.44. The predicted molar refractivity (Wildman–Crippen MR) is 134 cm³/mol. The molecule has 146 valence electrons. The maximum absolute atomic E-state index is 2.47. The Morgan fingerprint density at radius 3 is 2.04 bits per heavy atom. The van der Waals surface area contributed by atoms with Gasteiger partial charge in [-0.2, -0.15) is 0 Å². The van der Waals surface area contributed by atoms with Gasteiger partial charge in [-0.1, -0.05) is 51.7 Å². The molecule has 0 fully saturated rings. The van der Waals surface area contributed by atoms with Crippen LogP contribution in [0.4, 0.5) is 0 Å². The van der Waals surface area contributed by atoms with Gasteiger partial charge in [0.25, 0.3) is 0 Å². The van der Waals surface area contributed by atoms with E-state index in [1.165, 1.54) is 90.3 Å². The van der Waals surface area contributed by atoms with Gasteiger partial charge in [-0.05, 0) is 37.8 Å². The van der Waals surface area contributed by atoms with Crippen LogP contribution in [0.5, 0.6) is 0 Å². The Morgan fingerprint density at radius 2 is 1.29 bits per heavy atom. The van der Waals surface area contributed by atoms with Gasteiger partial charge in [-0.15, -0.1) is 45.3 Å². The summed E-state index contributed by atoms with van der Waals surface area (Å²) in [6.45, 7) is 4.57. The van der Waals surface area contributed by atoms with Crippen LogP contribution in [-0.4, -0.2) is 0 Å². The highest BCUT2D eigenvalue weighted by Gasteiger charge is 2.16. The standard InChI is InChI=1S/C24H26S4/c1-3-5-7-9-15-13-19-17-11-12-18-21-20(14-16(25-21)10-8-6-4-2)27-23(18)22(17)28-24(19)26-15/h11-14H,3-10H2,1-2H3. The highest BCUT2D eigenvalue weighted by atomic mass is 32.2. The van der Waals surface area contributed by atoms with Crippen LogP contribution in [-0.2, 0) is 12.8 Å². The third-order valence-electron chi connectivity index (χ3n) is 5.61. The predicted octanol–water partition coefficient (Wildman–Crippen LogP) is 10.0. The van der Waals surface area contributed by atoms with Crippen molar-refractivity contribution in [1.29, 1.82) is 0 Å². The molecule has 4 heteroatoms. The summed E-state index contributed by atoms with van der Waals surface area (Å²) in [7, 11) is 0. The number of rotatable bonds is 8. The van der Waals surface area contributed by atoms with Crippen molar-refractivity contribution in [2.45, 2.75) is 65.2 Å². The second-order valence-corrected chi connectivity index (χ2v) is 12.4. The molecule has 4 heterocycles. The molecule has 4 aromatic heterocycles. The molecule has 0 aliphatic carbocycles. The number of fused-ring (bicyclic) bond motifs is 7. The molecule has 0 aliphatic heterocycles. The first kappa shape index (κ1) is 19.0. The minimum absolute atomic E-state index is 1.25. The van der Waals surface area contributed by atoms with E-state index in [0.29, 0.717) is 0 Å². The lowest BCUT2D eigenvalue weighted by molar-refractivity contribution is 0.723. The minimum atomic E-state index is 1.25. The average Bonchev–Trinajstić information content (AvgIpc) is 3.40. The first-order valence-electron chi connectivity index (χ1n) is 10.6. The Labute approximate surface area is 182 Å². The number of aryl methyl sites for hydroxylation is 2. The molecule has 0 N–H and O–H groups in total. The Kier molecular flexibility index (Phi) is 5.48. The van der Waals surface area contributed by atoms with Crippen LogP contribution in [0.1, 0.15) is 62.1 Å². The summed E-state index contributed by atoms with van der Waals surface area (Å²) in [5.74, 6) is 0. The maximum Gasteiger partial charge on any atom is 0.0880 e. The number of thiophene rings is 4. The van der Waals surface area contributed by atoms with Crippen LogP contribution in [0.3, 0.4) is 0 Å². The zero-order valence-corrected chi connectivity index (χ0v) is 19.9. The van der Waals surface area contributed by atoms with Crippen LogP contribution >= 0.6 is 45.3 Å². The van der Waals surface area contributed by atoms with Crippen LogP contribution < -0.4 is 0 Å². The van der Waals surface area contributed by atoms with Crippen molar-refractivity contribution in [2.24, 2.45) is 0 Å². The Bertz CT molecular complexity index is 1150. The number of hydrogen-bond acceptors (Lipinski definition) is 4. The van der Waals surface area contributed by atoms with Crippen LogP contribution in [0.2, 0.25) is 0 Å². The Morgan fingerprint density at radius 1 is 0.607 bits per heavy atom. The van der Waals surface area contributed by atoms with E-state index in [0.717, 1.165) is 0 Å². The molecule has 0 aliphatic rings. The maximum atomic E-state index is 2.47. The van der Waals surface area contributed by atoms with Gasteiger partial charge in [0.2, 0.25) is 0 Å². The third-order valence-corrected chi connectivity index (χ3v) is 10.8. The molecule has 1 aromatic carbocycles. The van der Waals surface area contributed by atoms with Crippen LogP contribution in [0, 0.1) is 0 Å². The molecule has 0 atom stereocenters. The molecule has 0 amide bonds. The van der Waals surface area contributed by atoms with E-state index in [1.54, 1.807) is 9.75 Å². The molecule has 28 heavy (non-hydrogen) atoms. The van der Waals surface area contributed by atoms with Gasteiger partial charge in [0.15, 0.2) is 0 Å². The quantitative estimate of drug-likeness (QED) is 0.210. The summed E-state index contributed by atoms with van der Waals surface area (Å²) in [5, 5.41) is 4.45. The fraction of sp³-hybridized carbons (Fsp3) is 0.417. The molecule has 0 spiro atoms. The first-order valence-corrected chi connectivity index (χ1v) is 13.8. The highest BCUT2D eigenvalue weighted by Crippen LogP contribution is 2.48. The van der Waals surface area contributed by atoms with Gasteiger partial charge in [-0.3, -0.25) is 0 Å². The molecular formula is C24H26S4. The van der Waals surface area contributed by atoms with Gasteiger partial charge < -0.3 is 0 Å². The summed E-state index contributed by atoms with van der Waals surface area (Å²) in [4.78, 5) is 3.14. The number of unbranched alkanes of at least 4 members (excludes halogenated alkanes) is 4. The summed E-state index contributed by atoms with van der Waals surface area (Å²) in [5.41, 5.74) is 0. The smallest absolute Gasteiger partial charge is 0.0880 e. The molecule has 5 aromatic rings. The largest absolute Gasteiger partial charge is 0.139 e. The van der Waals surface area contributed by atoms with Crippen molar-refractivity contribution in [3.8, 4) is 0 Å². The lowest BCUT2D eigenvalue weighted by Crippen LogP contribution is -1.79. The van der Waals surface area contributed by atoms with E-state index < -0.39 is 0 Å². The Balaban J connectivity index is 1.53. The summed E-state index contributed by atoms with van der Waals surface area (Å²) < 4.78 is 7.56. The summed E-state index contributed by atoms with van der Waals surface area (Å²) in [6.07, 6.45) is 10.5. The van der Waals surface area contributed by atoms with Crippen molar-refractivity contribution < 1.29 is 0 Å². The fourth-order valence-corrected chi connectivity index (χ4v) is 9.58. The summed E-state index contributed by atoms with van der Waals surface area (Å²) >= 11 is 8.10. The second-order valence-electron chi connectivity index (χ2n) is 7.76. The van der Waals surface area contributed by atoms with Gasteiger partial charge in [0, 0.05) is 30.6 Å². The van der Waals surface area contributed by atoms with Crippen molar-refractivity contribution in [3.63, 3.8) is 0 Å². The SMILES string of the molecule is CCCCCc1cc2c(s1)sc1c2ccc2c3sc(CCCCC)cc3sc21. The normalized spacial score (nSPS) is 12.4. The molecular weight excluding hydrogens is 417 g/mol. The van der Waals surface area contributed by atoms with Crippen LogP contribution in [0.15, 0.2) is 24.3 Å². The lowest BCUT2D eigenvalue weighted by Gasteiger charge is -1.96. The van der Waals surface area contributed by atoms with E-state index in [4.69, 9.17) is 0 Å². The minimum Gasteiger partial charge on any atom is -0.139 e. The van der Waals surface area contributed by atoms with Gasteiger partial charge in [0.05, 0.1) is 18.1 Å². The number of hydrogen-bond donors (Lipinski definition) is 0. The monoisotopic (exact) mass is 442 g/mol. The van der Waals surface area contributed by atoms with Crippen molar-refractivity contribution in [2.75, 3.05) is 0 Å². The van der Waals surface area contributed by atoms with Crippen molar-refractivity contribution >= 4 is 84.3 Å². The average molecular weight is 443 g/mol. The third kappa shape index (κ3) is 3.32. The molecule has 0 saturated heterocycles. The second kappa shape index (κ2) is 8.06. The van der Waals surface area contributed by atoms with E-state index in [1.807, 2.05) is 45.3 Å². The Hall–Kier alpha value is -0.940. The van der Waals surface area contributed by atoms with Gasteiger partial charge >= 0.3 is 0 Å². The molecule has 0 nitrogen and oxygen atoms in total. The zero-order chi connectivity index (χ0) is 19.1. The van der Waals surface area contributed by atoms with E-state index in [2.05, 4.69) is 38.1 Å². The number of benzene rings is 1. The van der Waals surface area contributed by atoms with E-state index in [9.17, 15) is 0 Å². The fourth-order valence-electron chi connectivity index (χ4n) is 4.08. The molecule has 0 saturated carbocycles. The van der Waals surface area contributed by atoms with E-state index in [-0.39, 0.29) is 0 Å². The topological polar surface area (TPSA) is 0 Å². The van der Waals surface area contributed by atoms with Crippen molar-refractivity contribution in [3.05, 3.63) is 34.0 Å². The molecule has 0 bridgehead atoms. The lowest BCUT2D eigenvalue weighted by atomic mass is 10.1. The van der Waals surface area contributed by atoms with E-state index >= 15 is 0 Å².